The Morgan fingerprint density at radius 3 is 2.74 bits per heavy atom. The van der Waals surface area contributed by atoms with Crippen molar-refractivity contribution in [1.29, 1.82) is 0 Å². The predicted molar refractivity (Wildman–Crippen MR) is 69.7 cm³/mol. The Morgan fingerprint density at radius 1 is 1.21 bits per heavy atom. The van der Waals surface area contributed by atoms with Crippen LogP contribution < -0.4 is 4.57 Å². The maximum Gasteiger partial charge on any atom is 0.215 e. The van der Waals surface area contributed by atoms with Crippen LogP contribution in [0.4, 0.5) is 8.78 Å². The van der Waals surface area contributed by atoms with Gasteiger partial charge in [-0.1, -0.05) is 6.92 Å². The topological polar surface area (TPSA) is 3.88 Å². The molecule has 19 heavy (non-hydrogen) atoms. The standard InChI is InChI=1S/C16H16F2N/c1-3-12-10(2)19-7-5-4-6-15(19)16-13(12)8-11(17)9-14(16)18/h4-10,12H,3H2,1-2H3/q+1. The number of pyridine rings is 1. The van der Waals surface area contributed by atoms with Crippen molar-refractivity contribution >= 4 is 0 Å². The highest BCUT2D eigenvalue weighted by Gasteiger charge is 2.37. The van der Waals surface area contributed by atoms with Crippen LogP contribution in [0.2, 0.25) is 0 Å². The van der Waals surface area contributed by atoms with Crippen molar-refractivity contribution in [2.45, 2.75) is 32.2 Å². The molecule has 1 aromatic carbocycles. The lowest BCUT2D eigenvalue weighted by Crippen LogP contribution is -2.46. The fourth-order valence-corrected chi connectivity index (χ4v) is 3.19. The molecule has 0 fully saturated rings. The summed E-state index contributed by atoms with van der Waals surface area (Å²) in [6, 6.07) is 8.38. The molecule has 1 aliphatic rings. The number of rotatable bonds is 1. The lowest BCUT2D eigenvalue weighted by molar-refractivity contribution is -0.714. The molecule has 1 aromatic heterocycles. The first-order chi connectivity index (χ1) is 9.13. The van der Waals surface area contributed by atoms with Gasteiger partial charge in [0.25, 0.3) is 0 Å². The first-order valence-electron chi connectivity index (χ1n) is 6.63. The van der Waals surface area contributed by atoms with E-state index in [4.69, 9.17) is 0 Å². The summed E-state index contributed by atoms with van der Waals surface area (Å²) in [5, 5.41) is 0. The van der Waals surface area contributed by atoms with E-state index in [1.54, 1.807) is 0 Å². The average molecular weight is 260 g/mol. The lowest BCUT2D eigenvalue weighted by atomic mass is 9.82. The third-order valence-electron chi connectivity index (χ3n) is 4.09. The molecule has 3 heteroatoms. The summed E-state index contributed by atoms with van der Waals surface area (Å²) in [6.07, 6.45) is 2.83. The van der Waals surface area contributed by atoms with E-state index in [0.717, 1.165) is 23.7 Å². The molecule has 2 aromatic rings. The maximum absolute atomic E-state index is 14.2. The lowest BCUT2D eigenvalue weighted by Gasteiger charge is -2.27. The third-order valence-corrected chi connectivity index (χ3v) is 4.09. The van der Waals surface area contributed by atoms with Crippen LogP contribution in [0, 0.1) is 11.6 Å². The Balaban J connectivity index is 2.35. The summed E-state index contributed by atoms with van der Waals surface area (Å²) in [5.74, 6) is -0.827. The van der Waals surface area contributed by atoms with E-state index in [9.17, 15) is 8.78 Å². The smallest absolute Gasteiger partial charge is 0.207 e. The molecule has 0 amide bonds. The molecule has 0 saturated carbocycles. The highest BCUT2D eigenvalue weighted by atomic mass is 19.1. The van der Waals surface area contributed by atoms with Crippen molar-refractivity contribution in [3.63, 3.8) is 0 Å². The average Bonchev–Trinajstić information content (AvgIpc) is 2.38. The first kappa shape index (κ1) is 12.3. The second kappa shape index (κ2) is 4.41. The summed E-state index contributed by atoms with van der Waals surface area (Å²) in [6.45, 7) is 4.16. The van der Waals surface area contributed by atoms with E-state index in [1.807, 2.05) is 24.4 Å². The first-order valence-corrected chi connectivity index (χ1v) is 6.63. The number of hydrogen-bond donors (Lipinski definition) is 0. The van der Waals surface area contributed by atoms with Crippen molar-refractivity contribution in [3.8, 4) is 11.3 Å². The van der Waals surface area contributed by atoms with Gasteiger partial charge in [0.1, 0.15) is 11.6 Å². The van der Waals surface area contributed by atoms with E-state index in [0.29, 0.717) is 5.56 Å². The van der Waals surface area contributed by atoms with Crippen LogP contribution >= 0.6 is 0 Å². The van der Waals surface area contributed by atoms with Crippen LogP contribution in [-0.2, 0) is 0 Å². The van der Waals surface area contributed by atoms with E-state index >= 15 is 0 Å². The molecule has 0 bridgehead atoms. The number of halogens is 2. The Kier molecular flexibility index (Phi) is 2.85. The maximum atomic E-state index is 14.2. The molecule has 1 nitrogen and oxygen atoms in total. The monoisotopic (exact) mass is 260 g/mol. The Hall–Kier alpha value is -1.77. The van der Waals surface area contributed by atoms with Gasteiger partial charge in [0.15, 0.2) is 12.2 Å². The molecule has 98 valence electrons. The minimum absolute atomic E-state index is 0.139. The number of benzene rings is 1. The fraction of sp³-hybridized carbons (Fsp3) is 0.312. The molecule has 0 saturated heterocycles. The van der Waals surface area contributed by atoms with Crippen molar-refractivity contribution in [3.05, 3.63) is 53.7 Å². The summed E-state index contributed by atoms with van der Waals surface area (Å²) in [4.78, 5) is 0. The van der Waals surface area contributed by atoms with Gasteiger partial charge >= 0.3 is 0 Å². The third kappa shape index (κ3) is 1.76. The number of aromatic nitrogens is 1. The van der Waals surface area contributed by atoms with Crippen LogP contribution in [0.25, 0.3) is 11.3 Å². The van der Waals surface area contributed by atoms with Crippen molar-refractivity contribution < 1.29 is 13.3 Å². The van der Waals surface area contributed by atoms with Gasteiger partial charge < -0.3 is 0 Å². The van der Waals surface area contributed by atoms with E-state index < -0.39 is 11.6 Å². The van der Waals surface area contributed by atoms with E-state index in [2.05, 4.69) is 18.4 Å². The molecule has 1 aliphatic heterocycles. The van der Waals surface area contributed by atoms with Gasteiger partial charge in [-0.2, -0.15) is 4.57 Å². The molecular weight excluding hydrogens is 244 g/mol. The largest absolute Gasteiger partial charge is 0.215 e. The Morgan fingerprint density at radius 2 is 2.00 bits per heavy atom. The molecule has 0 aliphatic carbocycles. The SMILES string of the molecule is CCC1c2cc(F)cc(F)c2-c2cccc[n+]2C1C. The van der Waals surface area contributed by atoms with Crippen molar-refractivity contribution in [2.75, 3.05) is 0 Å². The van der Waals surface area contributed by atoms with Crippen LogP contribution in [0.3, 0.4) is 0 Å². The van der Waals surface area contributed by atoms with Crippen LogP contribution in [0.1, 0.15) is 37.8 Å². The highest BCUT2D eigenvalue weighted by Crippen LogP contribution is 2.41. The van der Waals surface area contributed by atoms with Gasteiger partial charge in [-0.05, 0) is 31.0 Å². The van der Waals surface area contributed by atoms with Gasteiger partial charge in [-0.15, -0.1) is 0 Å². The molecule has 0 spiro atoms. The molecule has 2 heterocycles. The van der Waals surface area contributed by atoms with Gasteiger partial charge in [0.2, 0.25) is 5.69 Å². The Labute approximate surface area is 111 Å². The quantitative estimate of drug-likeness (QED) is 0.683. The molecule has 2 unspecified atom stereocenters. The van der Waals surface area contributed by atoms with Crippen LogP contribution in [0.15, 0.2) is 36.5 Å². The normalized spacial score (nSPS) is 20.8. The van der Waals surface area contributed by atoms with Crippen LogP contribution in [-0.4, -0.2) is 0 Å². The molecular formula is C16H16F2N+. The van der Waals surface area contributed by atoms with Gasteiger partial charge in [0.05, 0.1) is 5.56 Å². The number of nitrogens with zero attached hydrogens (tertiary/aromatic N) is 1. The zero-order chi connectivity index (χ0) is 13.6. The van der Waals surface area contributed by atoms with Crippen molar-refractivity contribution in [2.24, 2.45) is 0 Å². The zero-order valence-electron chi connectivity index (χ0n) is 11.0. The zero-order valence-corrected chi connectivity index (χ0v) is 11.0. The molecule has 3 rings (SSSR count). The summed E-state index contributed by atoms with van der Waals surface area (Å²) >= 11 is 0. The predicted octanol–water partition coefficient (Wildman–Crippen LogP) is 3.99. The van der Waals surface area contributed by atoms with Gasteiger partial charge in [-0.3, -0.25) is 0 Å². The summed E-state index contributed by atoms with van der Waals surface area (Å²) in [5.41, 5.74) is 2.16. The summed E-state index contributed by atoms with van der Waals surface area (Å²) in [7, 11) is 0. The fourth-order valence-electron chi connectivity index (χ4n) is 3.19. The number of hydrogen-bond acceptors (Lipinski definition) is 0. The molecule has 0 N–H and O–H groups in total. The minimum atomic E-state index is -0.494. The highest BCUT2D eigenvalue weighted by molar-refractivity contribution is 5.64. The van der Waals surface area contributed by atoms with Crippen molar-refractivity contribution in [1.82, 2.24) is 0 Å². The molecule has 2 atom stereocenters. The van der Waals surface area contributed by atoms with Crippen LogP contribution in [0.5, 0.6) is 0 Å². The van der Waals surface area contributed by atoms with Gasteiger partial charge in [0, 0.05) is 24.1 Å². The Bertz CT molecular complexity index is 637. The summed E-state index contributed by atoms with van der Waals surface area (Å²) < 4.78 is 29.8. The second-order valence-electron chi connectivity index (χ2n) is 5.10. The second-order valence-corrected chi connectivity index (χ2v) is 5.10. The number of fused-ring (bicyclic) bond motifs is 3. The van der Waals surface area contributed by atoms with E-state index in [1.165, 1.54) is 6.07 Å². The van der Waals surface area contributed by atoms with Gasteiger partial charge in [-0.25, -0.2) is 8.78 Å². The van der Waals surface area contributed by atoms with E-state index in [-0.39, 0.29) is 12.0 Å². The molecule has 0 radical (unpaired) electrons. The minimum Gasteiger partial charge on any atom is -0.207 e.